The Labute approximate surface area is 126 Å². The Bertz CT molecular complexity index is 544. The quantitative estimate of drug-likeness (QED) is 0.363. The molecule has 1 aliphatic heterocycles. The Morgan fingerprint density at radius 1 is 1.16 bits per heavy atom. The maximum absolute atomic E-state index is 12.5. The fourth-order valence-electron chi connectivity index (χ4n) is 1.75. The molecular weight excluding hydrogens is 300 g/mol. The van der Waals surface area contributed by atoms with Crippen LogP contribution < -0.4 is 0 Å². The molecule has 2 rings (SSSR count). The topological polar surface area (TPSA) is 34.1 Å². The molecule has 0 atom stereocenters. The van der Waals surface area contributed by atoms with Gasteiger partial charge in [-0.2, -0.15) is 0 Å². The van der Waals surface area contributed by atoms with Crippen molar-refractivity contribution >= 4 is 46.7 Å². The summed E-state index contributed by atoms with van der Waals surface area (Å²) in [5, 5.41) is 0.387. The van der Waals surface area contributed by atoms with Crippen LogP contribution in [0.5, 0.6) is 0 Å². The number of thioether (sulfide) groups is 2. The number of halogens is 1. The minimum atomic E-state index is -0.269. The molecule has 0 saturated carbocycles. The Kier molecular flexibility index (Phi) is 5.13. The number of carbonyl (C=O) groups is 2. The van der Waals surface area contributed by atoms with E-state index in [1.807, 2.05) is 0 Å². The number of carbonyl (C=O) groups excluding carboxylic acids is 2. The van der Waals surface area contributed by atoms with Crippen molar-refractivity contribution in [1.82, 2.24) is 0 Å². The largest absolute Gasteiger partial charge is 0.294 e. The molecule has 0 aromatic heterocycles. The molecule has 0 amide bonds. The van der Waals surface area contributed by atoms with Gasteiger partial charge in [-0.1, -0.05) is 23.7 Å². The minimum absolute atomic E-state index is 0.193. The molecule has 19 heavy (non-hydrogen) atoms. The minimum Gasteiger partial charge on any atom is -0.294 e. The smallest absolute Gasteiger partial charge is 0.199 e. The van der Waals surface area contributed by atoms with Crippen molar-refractivity contribution < 1.29 is 9.59 Å². The third-order valence-electron chi connectivity index (χ3n) is 2.66. The van der Waals surface area contributed by atoms with Crippen LogP contribution in [0.4, 0.5) is 0 Å². The van der Waals surface area contributed by atoms with Crippen molar-refractivity contribution in [3.63, 3.8) is 0 Å². The van der Waals surface area contributed by atoms with Crippen molar-refractivity contribution in [2.45, 2.75) is 13.3 Å². The molecule has 1 aliphatic rings. The fraction of sp³-hybridized carbons (Fsp3) is 0.286. The van der Waals surface area contributed by atoms with Crippen molar-refractivity contribution in [3.05, 3.63) is 44.7 Å². The van der Waals surface area contributed by atoms with E-state index in [1.165, 1.54) is 6.92 Å². The molecule has 0 spiro atoms. The summed E-state index contributed by atoms with van der Waals surface area (Å²) >= 11 is 9.21. The molecule has 0 aliphatic carbocycles. The first-order valence-electron chi connectivity index (χ1n) is 5.91. The summed E-state index contributed by atoms with van der Waals surface area (Å²) < 4.78 is 0.837. The predicted octanol–water partition coefficient (Wildman–Crippen LogP) is 4.19. The average molecular weight is 313 g/mol. The van der Waals surface area contributed by atoms with Crippen LogP contribution in [0.1, 0.15) is 23.7 Å². The Morgan fingerprint density at radius 2 is 1.79 bits per heavy atom. The lowest BCUT2D eigenvalue weighted by atomic mass is 10.0. The molecule has 0 bridgehead atoms. The van der Waals surface area contributed by atoms with Gasteiger partial charge in [-0.15, -0.1) is 23.5 Å². The predicted molar refractivity (Wildman–Crippen MR) is 83.0 cm³/mol. The van der Waals surface area contributed by atoms with E-state index in [0.717, 1.165) is 22.2 Å². The van der Waals surface area contributed by atoms with Crippen LogP contribution in [0, 0.1) is 0 Å². The van der Waals surface area contributed by atoms with Gasteiger partial charge in [0.15, 0.2) is 11.6 Å². The maximum atomic E-state index is 12.5. The molecule has 1 heterocycles. The third-order valence-corrected chi connectivity index (χ3v) is 5.61. The highest BCUT2D eigenvalue weighted by Gasteiger charge is 2.24. The molecule has 100 valence electrons. The lowest BCUT2D eigenvalue weighted by molar-refractivity contribution is -0.113. The number of hydrogen-bond acceptors (Lipinski definition) is 4. The van der Waals surface area contributed by atoms with Gasteiger partial charge in [-0.05, 0) is 37.0 Å². The Hall–Kier alpha value is -0.710. The van der Waals surface area contributed by atoms with E-state index in [-0.39, 0.29) is 17.1 Å². The van der Waals surface area contributed by atoms with Crippen LogP contribution in [-0.4, -0.2) is 23.1 Å². The lowest BCUT2D eigenvalue weighted by Gasteiger charge is -2.16. The van der Waals surface area contributed by atoms with Crippen LogP contribution in [0.3, 0.4) is 0 Å². The highest BCUT2D eigenvalue weighted by molar-refractivity contribution is 8.22. The molecular formula is C14H13ClO2S2. The second kappa shape index (κ2) is 6.64. The van der Waals surface area contributed by atoms with Crippen molar-refractivity contribution in [3.8, 4) is 0 Å². The monoisotopic (exact) mass is 312 g/mol. The zero-order valence-corrected chi connectivity index (χ0v) is 12.8. The fourth-order valence-corrected chi connectivity index (χ4v) is 4.70. The first-order valence-corrected chi connectivity index (χ1v) is 8.26. The van der Waals surface area contributed by atoms with Crippen LogP contribution in [0.25, 0.3) is 0 Å². The first kappa shape index (κ1) is 14.7. The van der Waals surface area contributed by atoms with Crippen LogP contribution in [0.15, 0.2) is 34.1 Å². The van der Waals surface area contributed by atoms with Gasteiger partial charge >= 0.3 is 0 Å². The Morgan fingerprint density at radius 3 is 2.37 bits per heavy atom. The van der Waals surface area contributed by atoms with Gasteiger partial charge in [0.2, 0.25) is 0 Å². The van der Waals surface area contributed by atoms with Gasteiger partial charge < -0.3 is 0 Å². The van der Waals surface area contributed by atoms with Gasteiger partial charge in [-0.25, -0.2) is 0 Å². The number of benzene rings is 1. The highest BCUT2D eigenvalue weighted by atomic mass is 35.5. The van der Waals surface area contributed by atoms with E-state index in [1.54, 1.807) is 47.8 Å². The number of ketones is 2. The van der Waals surface area contributed by atoms with Crippen molar-refractivity contribution in [2.24, 2.45) is 0 Å². The summed E-state index contributed by atoms with van der Waals surface area (Å²) in [6, 6.07) is 6.84. The molecule has 1 saturated heterocycles. The molecule has 0 radical (unpaired) electrons. The van der Waals surface area contributed by atoms with E-state index in [9.17, 15) is 9.59 Å². The highest BCUT2D eigenvalue weighted by Crippen LogP contribution is 2.38. The summed E-state index contributed by atoms with van der Waals surface area (Å²) in [6.45, 7) is 1.44. The van der Waals surface area contributed by atoms with Crippen LogP contribution in [0.2, 0.25) is 5.02 Å². The van der Waals surface area contributed by atoms with E-state index >= 15 is 0 Å². The molecule has 1 fully saturated rings. The standard InChI is InChI=1S/C14H13ClO2S2/c1-9(16)12(14-18-7-4-8-19-14)13(17)10-5-2-3-6-11(10)15/h2-3,5-6H,4,7-8H2,1H3. The summed E-state index contributed by atoms with van der Waals surface area (Å²) in [6.07, 6.45) is 1.10. The maximum Gasteiger partial charge on any atom is 0.199 e. The van der Waals surface area contributed by atoms with Crippen LogP contribution >= 0.6 is 35.1 Å². The van der Waals surface area contributed by atoms with E-state index < -0.39 is 0 Å². The lowest BCUT2D eigenvalue weighted by Crippen LogP contribution is -2.14. The van der Waals surface area contributed by atoms with E-state index in [0.29, 0.717) is 10.6 Å². The van der Waals surface area contributed by atoms with Gasteiger partial charge in [0.1, 0.15) is 0 Å². The van der Waals surface area contributed by atoms with Crippen molar-refractivity contribution in [1.29, 1.82) is 0 Å². The molecule has 1 aromatic rings. The molecule has 0 N–H and O–H groups in total. The van der Waals surface area contributed by atoms with Crippen molar-refractivity contribution in [2.75, 3.05) is 11.5 Å². The zero-order valence-electron chi connectivity index (χ0n) is 10.4. The molecule has 2 nitrogen and oxygen atoms in total. The van der Waals surface area contributed by atoms with Gasteiger partial charge in [0, 0.05) is 5.56 Å². The number of Topliss-reactive ketones (excluding diaryl/α,β-unsaturated/α-hetero) is 2. The van der Waals surface area contributed by atoms with Gasteiger partial charge in [0.05, 0.1) is 14.8 Å². The third kappa shape index (κ3) is 3.44. The van der Waals surface area contributed by atoms with Gasteiger partial charge in [-0.3, -0.25) is 9.59 Å². The molecule has 1 aromatic carbocycles. The number of hydrogen-bond donors (Lipinski definition) is 0. The summed E-state index contributed by atoms with van der Waals surface area (Å²) in [7, 11) is 0. The summed E-state index contributed by atoms with van der Waals surface area (Å²) in [5.41, 5.74) is 0.677. The zero-order chi connectivity index (χ0) is 13.8. The SMILES string of the molecule is CC(=O)C(C(=O)c1ccccc1Cl)=C1SCCCS1. The Balaban J connectivity index is 2.43. The molecule has 5 heteroatoms. The first-order chi connectivity index (χ1) is 9.11. The van der Waals surface area contributed by atoms with Gasteiger partial charge in [0.25, 0.3) is 0 Å². The van der Waals surface area contributed by atoms with E-state index in [2.05, 4.69) is 0 Å². The summed E-state index contributed by atoms with van der Waals surface area (Å²) in [4.78, 5) is 24.3. The normalized spacial score (nSPS) is 15.2. The second-order valence-electron chi connectivity index (χ2n) is 4.08. The second-order valence-corrected chi connectivity index (χ2v) is 6.95. The van der Waals surface area contributed by atoms with Crippen LogP contribution in [-0.2, 0) is 4.79 Å². The number of rotatable bonds is 3. The number of allylic oxidation sites excluding steroid dienone is 1. The average Bonchev–Trinajstić information content (AvgIpc) is 2.40. The van der Waals surface area contributed by atoms with E-state index in [4.69, 9.17) is 11.6 Å². The molecule has 0 unspecified atom stereocenters. The summed E-state index contributed by atoms with van der Waals surface area (Å²) in [5.74, 6) is 1.45.